The molecule has 3 aromatic rings. The van der Waals surface area contributed by atoms with Crippen molar-refractivity contribution < 1.29 is 24.1 Å². The molecule has 1 heterocycles. The number of H-pyrrole nitrogens is 1. The summed E-state index contributed by atoms with van der Waals surface area (Å²) in [7, 11) is 0. The number of carbonyl (C=O) groups is 1. The van der Waals surface area contributed by atoms with Crippen LogP contribution in [0.25, 0.3) is 11.3 Å². The number of nitrogens with one attached hydrogen (secondary N) is 1. The van der Waals surface area contributed by atoms with E-state index in [1.807, 2.05) is 6.92 Å². The standard InChI is InChI=1S/C22H22N2O5/c1-4-27-22(26)15-5-7-16(8-6-15)29-20-12-23-24-21(20)18-10-9-17(11-19(18)25)28-13-14(2)3/h5-12,25H,2,4,13H2,1,3H3,(H,23,24). The molecule has 0 fully saturated rings. The van der Waals surface area contributed by atoms with Crippen LogP contribution < -0.4 is 9.47 Å². The molecule has 2 N–H and O–H groups in total. The van der Waals surface area contributed by atoms with Gasteiger partial charge in [-0.15, -0.1) is 0 Å². The summed E-state index contributed by atoms with van der Waals surface area (Å²) in [4.78, 5) is 11.7. The lowest BCUT2D eigenvalue weighted by molar-refractivity contribution is 0.0526. The maximum atomic E-state index is 11.7. The van der Waals surface area contributed by atoms with E-state index in [-0.39, 0.29) is 11.7 Å². The maximum Gasteiger partial charge on any atom is 0.338 e. The van der Waals surface area contributed by atoms with Crippen LogP contribution in [-0.4, -0.2) is 34.5 Å². The van der Waals surface area contributed by atoms with Crippen molar-refractivity contribution in [1.29, 1.82) is 0 Å². The van der Waals surface area contributed by atoms with Gasteiger partial charge in [-0.25, -0.2) is 4.79 Å². The number of aromatic nitrogens is 2. The molecule has 0 bridgehead atoms. The molecule has 0 amide bonds. The molecule has 0 aliphatic heterocycles. The number of phenols is 1. The van der Waals surface area contributed by atoms with Gasteiger partial charge in [-0.1, -0.05) is 6.58 Å². The van der Waals surface area contributed by atoms with E-state index in [2.05, 4.69) is 16.8 Å². The van der Waals surface area contributed by atoms with Gasteiger partial charge in [0.25, 0.3) is 0 Å². The van der Waals surface area contributed by atoms with E-state index in [0.717, 1.165) is 5.57 Å². The van der Waals surface area contributed by atoms with Gasteiger partial charge in [0, 0.05) is 11.6 Å². The van der Waals surface area contributed by atoms with E-state index in [1.54, 1.807) is 43.3 Å². The second-order valence-corrected chi connectivity index (χ2v) is 6.38. The van der Waals surface area contributed by atoms with Crippen molar-refractivity contribution in [3.63, 3.8) is 0 Å². The highest BCUT2D eigenvalue weighted by Gasteiger charge is 2.15. The summed E-state index contributed by atoms with van der Waals surface area (Å²) in [5, 5.41) is 17.3. The number of esters is 1. The molecule has 1 aromatic heterocycles. The van der Waals surface area contributed by atoms with Crippen molar-refractivity contribution in [2.75, 3.05) is 13.2 Å². The highest BCUT2D eigenvalue weighted by atomic mass is 16.5. The fraction of sp³-hybridized carbons (Fsp3) is 0.182. The molecule has 2 aromatic carbocycles. The molecule has 0 aliphatic carbocycles. The van der Waals surface area contributed by atoms with Crippen LogP contribution in [0.15, 0.2) is 60.8 Å². The number of hydrogen-bond acceptors (Lipinski definition) is 6. The average Bonchev–Trinajstić information content (AvgIpc) is 3.15. The summed E-state index contributed by atoms with van der Waals surface area (Å²) in [6, 6.07) is 11.6. The Morgan fingerprint density at radius 1 is 1.17 bits per heavy atom. The molecule has 0 radical (unpaired) electrons. The molecule has 29 heavy (non-hydrogen) atoms. The lowest BCUT2D eigenvalue weighted by Crippen LogP contribution is -2.04. The predicted octanol–water partition coefficient (Wildman–Crippen LogP) is 4.71. The highest BCUT2D eigenvalue weighted by Crippen LogP contribution is 2.38. The molecule has 0 saturated carbocycles. The van der Waals surface area contributed by atoms with Gasteiger partial charge in [0.15, 0.2) is 5.75 Å². The van der Waals surface area contributed by atoms with Crippen LogP contribution in [0.3, 0.4) is 0 Å². The minimum absolute atomic E-state index is 0.0241. The third-order valence-corrected chi connectivity index (χ3v) is 3.92. The van der Waals surface area contributed by atoms with E-state index in [0.29, 0.717) is 47.3 Å². The van der Waals surface area contributed by atoms with Gasteiger partial charge in [0.05, 0.1) is 18.4 Å². The summed E-state index contributed by atoms with van der Waals surface area (Å²) < 4.78 is 16.4. The van der Waals surface area contributed by atoms with Gasteiger partial charge < -0.3 is 19.3 Å². The van der Waals surface area contributed by atoms with Gasteiger partial charge in [-0.3, -0.25) is 5.10 Å². The molecular formula is C22H22N2O5. The average molecular weight is 394 g/mol. The summed E-state index contributed by atoms with van der Waals surface area (Å²) in [5.74, 6) is 1.12. The summed E-state index contributed by atoms with van der Waals surface area (Å²) >= 11 is 0. The Bertz CT molecular complexity index is 1010. The summed E-state index contributed by atoms with van der Waals surface area (Å²) in [6.45, 7) is 8.09. The number of benzene rings is 2. The zero-order valence-electron chi connectivity index (χ0n) is 16.3. The van der Waals surface area contributed by atoms with Crippen molar-refractivity contribution in [2.45, 2.75) is 13.8 Å². The first-order chi connectivity index (χ1) is 14.0. The van der Waals surface area contributed by atoms with Crippen LogP contribution in [0.4, 0.5) is 0 Å². The second kappa shape index (κ2) is 8.97. The van der Waals surface area contributed by atoms with Crippen molar-refractivity contribution in [1.82, 2.24) is 10.2 Å². The van der Waals surface area contributed by atoms with E-state index in [4.69, 9.17) is 14.2 Å². The fourth-order valence-electron chi connectivity index (χ4n) is 2.57. The third-order valence-electron chi connectivity index (χ3n) is 3.92. The monoisotopic (exact) mass is 394 g/mol. The molecule has 7 nitrogen and oxygen atoms in total. The number of aromatic amines is 1. The predicted molar refractivity (Wildman–Crippen MR) is 108 cm³/mol. The van der Waals surface area contributed by atoms with E-state index in [9.17, 15) is 9.90 Å². The van der Waals surface area contributed by atoms with Gasteiger partial charge in [0.1, 0.15) is 29.5 Å². The topological polar surface area (TPSA) is 93.7 Å². The van der Waals surface area contributed by atoms with Crippen LogP contribution in [0.1, 0.15) is 24.2 Å². The van der Waals surface area contributed by atoms with Crippen LogP contribution >= 0.6 is 0 Å². The molecule has 0 aliphatic rings. The fourth-order valence-corrected chi connectivity index (χ4v) is 2.57. The van der Waals surface area contributed by atoms with Crippen LogP contribution in [-0.2, 0) is 4.74 Å². The maximum absolute atomic E-state index is 11.7. The van der Waals surface area contributed by atoms with Gasteiger partial charge >= 0.3 is 5.97 Å². The smallest absolute Gasteiger partial charge is 0.338 e. The SMILES string of the molecule is C=C(C)COc1ccc(-c2[nH]ncc2Oc2ccc(C(=O)OCC)cc2)c(O)c1. The Kier molecular flexibility index (Phi) is 6.19. The Hall–Kier alpha value is -3.74. The number of rotatable bonds is 8. The quantitative estimate of drug-likeness (QED) is 0.425. The van der Waals surface area contributed by atoms with Crippen molar-refractivity contribution >= 4 is 5.97 Å². The molecule has 150 valence electrons. The van der Waals surface area contributed by atoms with Crippen molar-refractivity contribution in [3.05, 3.63) is 66.4 Å². The number of aromatic hydroxyl groups is 1. The number of phenolic OH excluding ortho intramolecular Hbond substituents is 1. The van der Waals surface area contributed by atoms with Crippen LogP contribution in [0.2, 0.25) is 0 Å². The molecule has 3 rings (SSSR count). The molecule has 0 unspecified atom stereocenters. The van der Waals surface area contributed by atoms with Crippen LogP contribution in [0.5, 0.6) is 23.0 Å². The first kappa shape index (κ1) is 20.0. The minimum Gasteiger partial charge on any atom is -0.507 e. The Morgan fingerprint density at radius 3 is 2.55 bits per heavy atom. The Morgan fingerprint density at radius 2 is 1.90 bits per heavy atom. The van der Waals surface area contributed by atoms with E-state index < -0.39 is 0 Å². The zero-order chi connectivity index (χ0) is 20.8. The second-order valence-electron chi connectivity index (χ2n) is 6.38. The molecular weight excluding hydrogens is 372 g/mol. The van der Waals surface area contributed by atoms with Crippen LogP contribution in [0, 0.1) is 0 Å². The summed E-state index contributed by atoms with van der Waals surface area (Å²) in [5.41, 5.74) is 2.35. The van der Waals surface area contributed by atoms with Crippen molar-refractivity contribution in [2.24, 2.45) is 0 Å². The lowest BCUT2D eigenvalue weighted by Gasteiger charge is -2.10. The molecule has 0 atom stereocenters. The van der Waals surface area contributed by atoms with Crippen molar-refractivity contribution in [3.8, 4) is 34.3 Å². The van der Waals surface area contributed by atoms with Gasteiger partial charge in [-0.2, -0.15) is 5.10 Å². The number of nitrogens with zero attached hydrogens (tertiary/aromatic N) is 1. The molecule has 0 spiro atoms. The normalized spacial score (nSPS) is 10.4. The number of hydrogen-bond donors (Lipinski definition) is 2. The zero-order valence-corrected chi connectivity index (χ0v) is 16.3. The highest BCUT2D eigenvalue weighted by molar-refractivity contribution is 5.89. The van der Waals surface area contributed by atoms with Gasteiger partial charge in [-0.05, 0) is 55.8 Å². The Labute approximate surface area is 168 Å². The van der Waals surface area contributed by atoms with Gasteiger partial charge in [0.2, 0.25) is 0 Å². The summed E-state index contributed by atoms with van der Waals surface area (Å²) in [6.07, 6.45) is 1.51. The van der Waals surface area contributed by atoms with E-state index >= 15 is 0 Å². The molecule has 7 heteroatoms. The minimum atomic E-state index is -0.387. The first-order valence-corrected chi connectivity index (χ1v) is 9.07. The third kappa shape index (κ3) is 4.95. The Balaban J connectivity index is 1.77. The first-order valence-electron chi connectivity index (χ1n) is 9.07. The number of carbonyl (C=O) groups excluding carboxylic acids is 1. The molecule has 0 saturated heterocycles. The lowest BCUT2D eigenvalue weighted by atomic mass is 10.1. The van der Waals surface area contributed by atoms with E-state index in [1.165, 1.54) is 12.3 Å². The number of ether oxygens (including phenoxy) is 3. The largest absolute Gasteiger partial charge is 0.507 e.